The Hall–Kier alpha value is -5.91. The van der Waals surface area contributed by atoms with Gasteiger partial charge in [0.25, 0.3) is 29.4 Å². The first kappa shape index (κ1) is 141. The molecule has 0 spiro atoms. The van der Waals surface area contributed by atoms with Crippen LogP contribution in [0, 0.1) is 20.8 Å². The van der Waals surface area contributed by atoms with E-state index in [-0.39, 0.29) is 128 Å². The zero-order chi connectivity index (χ0) is 103. The molecule has 1 aliphatic heterocycles. The molecule has 2 atom stereocenters. The van der Waals surface area contributed by atoms with E-state index in [1.165, 1.54) is 157 Å². The number of hydrogen-bond donors (Lipinski definition) is 10. The second kappa shape index (κ2) is 85.5. The number of halogens is 7. The van der Waals surface area contributed by atoms with Crippen LogP contribution in [0.1, 0.15) is 104 Å². The van der Waals surface area contributed by atoms with E-state index in [0.29, 0.717) is 51.6 Å². The number of phenols is 1. The summed E-state index contributed by atoms with van der Waals surface area (Å²) in [4.78, 5) is 134. The maximum atomic E-state index is 12.2. The van der Waals surface area contributed by atoms with E-state index >= 15 is 0 Å². The number of aromatic hydroxyl groups is 1. The SMILES string of the molecule is Br.C1CCOC1.CC(=O)Oc1ccccc1C(=O)Cl.CC(=O)Oc1ccccc1C(=O)Nc1nc(S(C)=O)cs1.CC(N)=S.CCO.CS(=O)c1csc(NC(=O)c2ccccc2O)n1.CSC(=O)CBr.CSc1csc(C)n1.CSc1csc(N)n1.CSc1csc(NC(=O)c2ccccc2OC(C)=O)n1.Cc1nc(Br)cs1.Cc1ncc(Br)s1.Cl.NC(N)=S.Nc1ncc(Br)s1.O=CO[O-].[Na+]. The van der Waals surface area contributed by atoms with Crippen LogP contribution in [-0.2, 0) is 55.2 Å². The number of aliphatic hydroxyl groups excluding tert-OH is 1. The number of phenolic OH excluding ortho intramolecular Hbond substituents is 1. The molecule has 2 unspecified atom stereocenters. The smallest absolute Gasteiger partial charge is 0.662 e. The number of aliphatic hydroxyl groups is 1. The zero-order valence-electron chi connectivity index (χ0n) is 75.7. The third kappa shape index (κ3) is 71.5. The fourth-order valence-corrected chi connectivity index (χ4v) is 18.7. The molecule has 12 aromatic rings. The second-order valence-corrected chi connectivity index (χ2v) is 42.5. The van der Waals surface area contributed by atoms with E-state index in [0.717, 1.165) is 55.5 Å². The Bertz CT molecular complexity index is 5400. The average Bonchev–Trinajstić information content (AvgIpc) is 1.75. The maximum Gasteiger partial charge on any atom is 1.00 e. The van der Waals surface area contributed by atoms with Gasteiger partial charge in [-0.3, -0.25) is 67.5 Å². The third-order valence-corrected chi connectivity index (χ3v) is 26.4. The standard InChI is InChI=1S/C13H12N2O4S2.C13H12N2O3S2.C11H10N2O3S2.C9H7ClO3.C5H7NS2.2C4H4BrNS.C4H6N2S2.C4H8O.C3H3BrN2S.C3H5BrOS.C2H5NS.C2H6O.CH4N2S.CH2O3.BrH.ClH.Na/c1-8(16)19-10-6-4-3-5-9(10)12(17)15-13-14-11(7-20-13)21(2)18;1-8(16)18-10-6-4-3-5-9(10)12(17)15-13-14-11(19-2)7-20-13;1-18(16)9-6-17-11(12-9)13-10(15)7-4-2-3-5-8(7)14;1-6(11)13-8-5-3-2-4-7(8)9(10)12;1-4-6-5(7-2)3-8-4;1-3-6-4(5)2-7-3;1-3-6-2-4(5)7-3;1-7-3-2-8-4(5)6-3;1-2-4-5-3-1;4-2-1-6-3(5)7-2;1-6-3(5)2-4;1-2(3)4;1-2-3;2-1(3)4;2-1-4-3;;;/h3-7H,1-2H3,(H,14,15,17);3-7H,1-2H3,(H,14,15,17);2-6,14H,1H3,(H,12,13,15);2-5H,1H3;3H,1-2H3;2*2H,1H3;2H,1H3,(H2,5,6);1-4H2;1H,(H2,5,6);2H2,1H3;1H3,(H2,3,4);3H,2H2,1H3;(H4,2,3,4);1,3H;2*1H;/q;;;;;;;;;;;;;;;;;+1/p-1. The second-order valence-electron chi connectivity index (χ2n) is 23.1. The molecule has 1 fully saturated rings. The number of alkyl halides is 1. The molecule has 0 saturated carbocycles. The summed E-state index contributed by atoms with van der Waals surface area (Å²) in [6, 6.07) is 25.5. The van der Waals surface area contributed by atoms with Gasteiger partial charge in [0.05, 0.1) is 89.2 Å². The van der Waals surface area contributed by atoms with E-state index in [2.05, 4.69) is 166 Å². The summed E-state index contributed by atoms with van der Waals surface area (Å²) in [6.07, 6.45) is 16.8. The zero-order valence-corrected chi connectivity index (χ0v) is 100. The van der Waals surface area contributed by atoms with E-state index in [4.69, 9.17) is 62.9 Å². The van der Waals surface area contributed by atoms with Gasteiger partial charge in [0.15, 0.2) is 35.9 Å². The Balaban J connectivity index is -0.000000474. The number of esters is 3. The summed E-state index contributed by atoms with van der Waals surface area (Å²) >= 11 is 44.0. The van der Waals surface area contributed by atoms with E-state index in [1.807, 2.05) is 55.7 Å². The van der Waals surface area contributed by atoms with Gasteiger partial charge in [-0.05, 0) is 193 Å². The van der Waals surface area contributed by atoms with Crippen LogP contribution in [0.2, 0.25) is 0 Å². The number of nitrogens with one attached hydrogen (secondary N) is 3. The van der Waals surface area contributed by atoms with Crippen LogP contribution in [0.5, 0.6) is 23.0 Å². The number of nitrogens with zero attached hydrogens (tertiary/aromatic N) is 8. The number of thiocarbonyl (C=S) groups is 2. The monoisotopic (exact) mass is 2570 g/mol. The van der Waals surface area contributed by atoms with Crippen LogP contribution >= 0.6 is 267 Å². The summed E-state index contributed by atoms with van der Waals surface area (Å²) in [5, 5.41) is 54.1. The number of benzene rings is 4. The number of aromatic nitrogens is 8. The van der Waals surface area contributed by atoms with Gasteiger partial charge in [0, 0.05) is 85.4 Å². The van der Waals surface area contributed by atoms with Crippen molar-refractivity contribution in [2.24, 2.45) is 17.2 Å². The molecule has 35 nitrogen and oxygen atoms in total. The molecule has 9 heterocycles. The van der Waals surface area contributed by atoms with Crippen molar-refractivity contribution in [2.75, 3.05) is 90.1 Å². The largest absolute Gasteiger partial charge is 1.00 e. The molecule has 13 rings (SSSR count). The van der Waals surface area contributed by atoms with Crippen LogP contribution in [0.4, 0.5) is 25.7 Å². The minimum Gasteiger partial charge on any atom is -0.662 e. The molecule has 0 aliphatic carbocycles. The number of carbonyl (C=O) groups excluding carboxylic acids is 9. The number of hydrogen-bond acceptors (Lipinski definition) is 43. The van der Waals surface area contributed by atoms with E-state index in [9.17, 15) is 51.9 Å². The molecule has 59 heteroatoms. The van der Waals surface area contributed by atoms with Crippen molar-refractivity contribution in [3.63, 3.8) is 0 Å². The molecule has 15 N–H and O–H groups in total. The summed E-state index contributed by atoms with van der Waals surface area (Å²) in [5.74, 6) is -2.20. The van der Waals surface area contributed by atoms with Gasteiger partial charge in [-0.25, -0.2) is 39.9 Å². The topological polar surface area (TPSA) is 567 Å². The van der Waals surface area contributed by atoms with Crippen molar-refractivity contribution in [3.8, 4) is 23.0 Å². The number of thioether (sulfide) groups is 4. The molecular weight excluding hydrogens is 2480 g/mol. The average molecular weight is 2580 g/mol. The minimum absolute atomic E-state index is 0. The van der Waals surface area contributed by atoms with Gasteiger partial charge < -0.3 is 68.0 Å². The number of amides is 3. The summed E-state index contributed by atoms with van der Waals surface area (Å²) < 4.78 is 45.2. The van der Waals surface area contributed by atoms with Crippen molar-refractivity contribution in [2.45, 2.75) is 93.4 Å². The number of anilines is 5. The van der Waals surface area contributed by atoms with E-state index in [1.54, 1.807) is 168 Å². The fourth-order valence-electron chi connectivity index (χ4n) is 7.44. The van der Waals surface area contributed by atoms with Gasteiger partial charge in [-0.15, -0.1) is 144 Å². The quantitative estimate of drug-likeness (QED) is 0.00387. The van der Waals surface area contributed by atoms with Gasteiger partial charge >= 0.3 is 47.5 Å². The van der Waals surface area contributed by atoms with Gasteiger partial charge in [-0.2, -0.15) is 0 Å². The van der Waals surface area contributed by atoms with Crippen LogP contribution in [0.3, 0.4) is 0 Å². The number of thiazole rings is 8. The van der Waals surface area contributed by atoms with Crippen molar-refractivity contribution >= 4 is 377 Å². The Labute approximate surface area is 940 Å². The third-order valence-electron chi connectivity index (χ3n) is 12.6. The maximum absolute atomic E-state index is 12.2. The first-order valence-corrected chi connectivity index (χ1v) is 56.4. The van der Waals surface area contributed by atoms with Crippen molar-refractivity contribution in [3.05, 3.63) is 191 Å². The van der Waals surface area contributed by atoms with Crippen LogP contribution < -0.4 is 93.6 Å². The molecule has 138 heavy (non-hydrogen) atoms. The summed E-state index contributed by atoms with van der Waals surface area (Å²) in [7, 11) is -2.37. The number of ether oxygens (including phenoxy) is 4. The van der Waals surface area contributed by atoms with Crippen molar-refractivity contribution < 1.29 is 120 Å². The van der Waals surface area contributed by atoms with Crippen molar-refractivity contribution in [1.29, 1.82) is 0 Å². The molecule has 3 amide bonds. The molecule has 8 aromatic heterocycles. The van der Waals surface area contributed by atoms with E-state index < -0.39 is 56.6 Å². The number of nitrogens with two attached hydrogens (primary N) is 5. The predicted molar refractivity (Wildman–Crippen MR) is 592 cm³/mol. The van der Waals surface area contributed by atoms with Crippen LogP contribution in [0.15, 0.2) is 179 Å². The van der Waals surface area contributed by atoms with Gasteiger partial charge in [0.2, 0.25) is 0 Å². The molecule has 1 aliphatic rings. The van der Waals surface area contributed by atoms with Gasteiger partial charge in [0.1, 0.15) is 52.7 Å². The molecule has 752 valence electrons. The Morgan fingerprint density at radius 3 is 1.14 bits per heavy atom. The number of carbonyl (C=O) groups is 9. The number of para-hydroxylation sites is 4. The van der Waals surface area contributed by atoms with Crippen molar-refractivity contribution in [1.82, 2.24) is 39.9 Å². The molecule has 1 saturated heterocycles. The molecule has 0 bridgehead atoms. The Morgan fingerprint density at radius 1 is 0.558 bits per heavy atom. The molecular formula is C79H96Br5Cl2N16NaO19S16. The fraction of sp³-hybridized carbons (Fsp3) is 0.253. The Morgan fingerprint density at radius 2 is 0.906 bits per heavy atom. The number of nitrogen functional groups attached to an aromatic ring is 2. The first-order chi connectivity index (χ1) is 63.9. The Kier molecular flexibility index (Phi) is 87.1. The van der Waals surface area contributed by atoms with Gasteiger partial charge in [-0.1, -0.05) is 99.8 Å². The molecule has 4 aromatic carbocycles. The summed E-state index contributed by atoms with van der Waals surface area (Å²) in [6.45, 7) is 15.2. The normalized spacial score (nSPS) is 10.1. The summed E-state index contributed by atoms with van der Waals surface area (Å²) in [5.41, 5.74) is 25.6. The number of rotatable bonds is 17. The first-order valence-electron chi connectivity index (χ1n) is 36.8. The number of aryl methyl sites for hydroxylation is 3. The van der Waals surface area contributed by atoms with Crippen LogP contribution in [-0.4, -0.2) is 184 Å². The molecule has 0 radical (unpaired) electrons. The predicted octanol–water partition coefficient (Wildman–Crippen LogP) is 16.5. The van der Waals surface area contributed by atoms with Crippen LogP contribution in [0.25, 0.3) is 0 Å². The minimum atomic E-state index is -1.20.